The molecule has 0 unspecified atom stereocenters. The molecule has 2 rings (SSSR count). The maximum absolute atomic E-state index is 11.9. The van der Waals surface area contributed by atoms with Crippen LogP contribution in [0.4, 0.5) is 0 Å². The monoisotopic (exact) mass is 255 g/mol. The first-order valence-corrected chi connectivity index (χ1v) is 5.19. The number of aromatic nitrogens is 3. The van der Waals surface area contributed by atoms with Crippen LogP contribution in [0, 0.1) is 0 Å². The minimum atomic E-state index is -0.317. The highest BCUT2D eigenvalue weighted by Crippen LogP contribution is 2.20. The summed E-state index contributed by atoms with van der Waals surface area (Å²) in [6.45, 7) is 0. The fourth-order valence-electron chi connectivity index (χ4n) is 1.24. The second-order valence-electron chi connectivity index (χ2n) is 3.19. The number of hydrogen-bond acceptors (Lipinski definition) is 3. The molecule has 0 saturated heterocycles. The summed E-state index contributed by atoms with van der Waals surface area (Å²) in [5.41, 5.74) is 0.462. The minimum Gasteiger partial charge on any atom is -0.285 e. The zero-order chi connectivity index (χ0) is 11.7. The Morgan fingerprint density at radius 2 is 2.19 bits per heavy atom. The van der Waals surface area contributed by atoms with Gasteiger partial charge in [0.05, 0.1) is 10.0 Å². The molecule has 0 saturated carbocycles. The molecule has 2 aromatic heterocycles. The van der Waals surface area contributed by atoms with Crippen molar-refractivity contribution in [1.29, 1.82) is 0 Å². The number of rotatable bonds is 2. The van der Waals surface area contributed by atoms with Crippen molar-refractivity contribution in [2.75, 3.05) is 0 Å². The molecule has 0 aromatic carbocycles. The lowest BCUT2D eigenvalue weighted by molar-refractivity contribution is 0.102. The van der Waals surface area contributed by atoms with Crippen molar-refractivity contribution in [2.45, 2.75) is 0 Å². The van der Waals surface area contributed by atoms with Crippen molar-refractivity contribution >= 4 is 29.0 Å². The Hall–Kier alpha value is -1.39. The van der Waals surface area contributed by atoms with E-state index in [9.17, 15) is 4.79 Å². The first-order valence-electron chi connectivity index (χ1n) is 4.43. The van der Waals surface area contributed by atoms with Gasteiger partial charge in [-0.25, -0.2) is 4.98 Å². The topological polar surface area (TPSA) is 47.8 Å². The van der Waals surface area contributed by atoms with E-state index in [1.807, 2.05) is 0 Å². The smallest absolute Gasteiger partial charge is 0.233 e. The first-order chi connectivity index (χ1) is 7.58. The summed E-state index contributed by atoms with van der Waals surface area (Å²) in [4.78, 5) is 15.8. The van der Waals surface area contributed by atoms with Crippen LogP contribution in [0.5, 0.6) is 0 Å². The van der Waals surface area contributed by atoms with Crippen molar-refractivity contribution < 1.29 is 4.79 Å². The Labute approximate surface area is 102 Å². The number of ketones is 1. The van der Waals surface area contributed by atoms with Crippen molar-refractivity contribution in [3.63, 3.8) is 0 Å². The molecule has 2 aromatic rings. The van der Waals surface area contributed by atoms with Crippen LogP contribution in [-0.4, -0.2) is 20.5 Å². The number of aryl methyl sites for hydroxylation is 1. The number of halogens is 2. The third kappa shape index (κ3) is 2.08. The highest BCUT2D eigenvalue weighted by Gasteiger charge is 2.16. The Morgan fingerprint density at radius 3 is 2.75 bits per heavy atom. The summed E-state index contributed by atoms with van der Waals surface area (Å²) in [6.07, 6.45) is 3.06. The average molecular weight is 256 g/mol. The fourth-order valence-corrected chi connectivity index (χ4v) is 1.71. The molecule has 0 aliphatic carbocycles. The maximum Gasteiger partial charge on any atom is 0.233 e. The van der Waals surface area contributed by atoms with Gasteiger partial charge in [-0.1, -0.05) is 23.2 Å². The molecule has 0 radical (unpaired) electrons. The van der Waals surface area contributed by atoms with Gasteiger partial charge in [0.1, 0.15) is 11.4 Å². The lowest BCUT2D eigenvalue weighted by Crippen LogP contribution is -2.06. The van der Waals surface area contributed by atoms with Crippen molar-refractivity contribution in [1.82, 2.24) is 14.8 Å². The van der Waals surface area contributed by atoms with Gasteiger partial charge in [-0.05, 0) is 12.1 Å². The second-order valence-corrected chi connectivity index (χ2v) is 4.03. The van der Waals surface area contributed by atoms with E-state index in [2.05, 4.69) is 10.1 Å². The molecule has 0 bridgehead atoms. The van der Waals surface area contributed by atoms with Gasteiger partial charge < -0.3 is 0 Å². The van der Waals surface area contributed by atoms with Gasteiger partial charge in [0.15, 0.2) is 0 Å². The molecule has 0 aliphatic rings. The first kappa shape index (κ1) is 11.1. The standard InChI is InChI=1S/C10H7Cl2N3O/c1-15-3-2-8(14-15)10(16)9-7(12)4-6(11)5-13-9/h2-5H,1H3. The summed E-state index contributed by atoms with van der Waals surface area (Å²) >= 11 is 11.6. The van der Waals surface area contributed by atoms with Gasteiger partial charge in [0.25, 0.3) is 0 Å². The Kier molecular flexibility index (Phi) is 2.94. The number of hydrogen-bond donors (Lipinski definition) is 0. The van der Waals surface area contributed by atoms with Crippen LogP contribution < -0.4 is 0 Å². The molecule has 2 heterocycles. The summed E-state index contributed by atoms with van der Waals surface area (Å²) in [6, 6.07) is 3.08. The summed E-state index contributed by atoms with van der Waals surface area (Å²) in [5, 5.41) is 4.60. The predicted molar refractivity (Wildman–Crippen MR) is 60.9 cm³/mol. The molecule has 0 atom stereocenters. The molecule has 82 valence electrons. The van der Waals surface area contributed by atoms with Crippen LogP contribution >= 0.6 is 23.2 Å². The molecule has 0 amide bonds. The number of pyridine rings is 1. The normalized spacial score (nSPS) is 10.4. The highest BCUT2D eigenvalue weighted by molar-refractivity contribution is 6.36. The number of carbonyl (C=O) groups is 1. The van der Waals surface area contributed by atoms with E-state index in [-0.39, 0.29) is 16.5 Å². The van der Waals surface area contributed by atoms with Crippen LogP contribution in [0.15, 0.2) is 24.5 Å². The fraction of sp³-hybridized carbons (Fsp3) is 0.100. The van der Waals surface area contributed by atoms with E-state index in [1.165, 1.54) is 16.9 Å². The Balaban J connectivity index is 2.41. The van der Waals surface area contributed by atoms with Crippen LogP contribution in [0.3, 0.4) is 0 Å². The van der Waals surface area contributed by atoms with E-state index >= 15 is 0 Å². The molecule has 16 heavy (non-hydrogen) atoms. The molecular formula is C10H7Cl2N3O. The minimum absolute atomic E-state index is 0.157. The van der Waals surface area contributed by atoms with E-state index in [0.717, 1.165) is 0 Å². The average Bonchev–Trinajstić information content (AvgIpc) is 2.64. The zero-order valence-electron chi connectivity index (χ0n) is 8.32. The van der Waals surface area contributed by atoms with Crippen LogP contribution in [0.2, 0.25) is 10.0 Å². The van der Waals surface area contributed by atoms with Crippen LogP contribution in [0.1, 0.15) is 16.2 Å². The van der Waals surface area contributed by atoms with Gasteiger partial charge in [-0.15, -0.1) is 0 Å². The molecule has 0 N–H and O–H groups in total. The second kappa shape index (κ2) is 4.23. The Bertz CT molecular complexity index is 551. The van der Waals surface area contributed by atoms with E-state index in [4.69, 9.17) is 23.2 Å². The lowest BCUT2D eigenvalue weighted by atomic mass is 10.2. The summed E-state index contributed by atoms with van der Waals surface area (Å²) < 4.78 is 1.54. The van der Waals surface area contributed by atoms with Gasteiger partial charge in [-0.3, -0.25) is 9.48 Å². The van der Waals surface area contributed by atoms with Crippen molar-refractivity contribution in [3.05, 3.63) is 46.0 Å². The van der Waals surface area contributed by atoms with Crippen LogP contribution in [0.25, 0.3) is 0 Å². The third-order valence-corrected chi connectivity index (χ3v) is 2.46. The number of carbonyl (C=O) groups excluding carboxylic acids is 1. The summed E-state index contributed by atoms with van der Waals surface area (Å²) in [7, 11) is 1.73. The Morgan fingerprint density at radius 1 is 1.44 bits per heavy atom. The molecule has 6 heteroatoms. The lowest BCUT2D eigenvalue weighted by Gasteiger charge is -2.00. The summed E-state index contributed by atoms with van der Waals surface area (Å²) in [5.74, 6) is -0.317. The quantitative estimate of drug-likeness (QED) is 0.775. The SMILES string of the molecule is Cn1ccc(C(=O)c2ncc(Cl)cc2Cl)n1. The third-order valence-electron chi connectivity index (χ3n) is 1.97. The number of nitrogens with zero attached hydrogens (tertiary/aromatic N) is 3. The molecule has 0 spiro atoms. The zero-order valence-corrected chi connectivity index (χ0v) is 9.83. The molecular weight excluding hydrogens is 249 g/mol. The van der Waals surface area contributed by atoms with E-state index in [1.54, 1.807) is 19.3 Å². The highest BCUT2D eigenvalue weighted by atomic mass is 35.5. The van der Waals surface area contributed by atoms with Crippen molar-refractivity contribution in [2.24, 2.45) is 7.05 Å². The predicted octanol–water partition coefficient (Wildman–Crippen LogP) is 2.35. The van der Waals surface area contributed by atoms with Gasteiger partial charge in [0, 0.05) is 19.4 Å². The van der Waals surface area contributed by atoms with Crippen LogP contribution in [-0.2, 0) is 7.05 Å². The molecule has 4 nitrogen and oxygen atoms in total. The van der Waals surface area contributed by atoms with E-state index < -0.39 is 0 Å². The van der Waals surface area contributed by atoms with Gasteiger partial charge in [0.2, 0.25) is 5.78 Å². The maximum atomic E-state index is 11.9. The molecule has 0 aliphatic heterocycles. The van der Waals surface area contributed by atoms with Gasteiger partial charge in [-0.2, -0.15) is 5.10 Å². The van der Waals surface area contributed by atoms with Gasteiger partial charge >= 0.3 is 0 Å². The molecule has 0 fully saturated rings. The largest absolute Gasteiger partial charge is 0.285 e. The van der Waals surface area contributed by atoms with Crippen molar-refractivity contribution in [3.8, 4) is 0 Å². The van der Waals surface area contributed by atoms with E-state index in [0.29, 0.717) is 10.7 Å².